The number of nitrogens with zero attached hydrogens (tertiary/aromatic N) is 1. The van der Waals surface area contributed by atoms with Crippen LogP contribution in [0.2, 0.25) is 0 Å². The van der Waals surface area contributed by atoms with Gasteiger partial charge in [0, 0.05) is 5.56 Å². The Kier molecular flexibility index (Phi) is 5.79. The number of esters is 1. The molecule has 0 N–H and O–H groups in total. The number of hydroxylamine groups is 1. The smallest absolute Gasteiger partial charge is 0.396 e. The van der Waals surface area contributed by atoms with Gasteiger partial charge in [-0.15, -0.1) is 0 Å². The molecule has 0 amide bonds. The lowest BCUT2D eigenvalue weighted by Crippen LogP contribution is -2.15. The van der Waals surface area contributed by atoms with Crippen molar-refractivity contribution in [1.29, 1.82) is 0 Å². The van der Waals surface area contributed by atoms with E-state index in [-0.39, 0.29) is 6.54 Å². The predicted octanol–water partition coefficient (Wildman–Crippen LogP) is 2.11. The maximum Gasteiger partial charge on any atom is 0.396 e. The van der Waals surface area contributed by atoms with Gasteiger partial charge in [-0.25, -0.2) is 9.53 Å². The molecule has 4 heteroatoms. The molecule has 1 aromatic rings. The van der Waals surface area contributed by atoms with E-state index in [9.17, 15) is 10.0 Å². The van der Waals surface area contributed by atoms with Gasteiger partial charge in [-0.05, 0) is 6.42 Å². The van der Waals surface area contributed by atoms with Crippen LogP contribution in [0.25, 0.3) is 0 Å². The summed E-state index contributed by atoms with van der Waals surface area (Å²) < 4.78 is 5.44. The summed E-state index contributed by atoms with van der Waals surface area (Å²) in [5.41, 5.74) is 0.861. The quantitative estimate of drug-likeness (QED) is 0.189. The second kappa shape index (κ2) is 7.44. The first-order valence-corrected chi connectivity index (χ1v) is 5.71. The van der Waals surface area contributed by atoms with Crippen molar-refractivity contribution in [2.45, 2.75) is 26.3 Å². The number of carbonyl (C=O) groups excluding carboxylic acids is 1. The van der Waals surface area contributed by atoms with Gasteiger partial charge in [0.2, 0.25) is 0 Å². The average molecular weight is 235 g/mol. The summed E-state index contributed by atoms with van der Waals surface area (Å²) in [6, 6.07) is 9.25. The largest absolute Gasteiger partial charge is 0.623 e. The van der Waals surface area contributed by atoms with Crippen LogP contribution in [-0.4, -0.2) is 23.5 Å². The number of hydrogen-bond donors (Lipinski definition) is 0. The highest BCUT2D eigenvalue weighted by atomic mass is 16.5. The van der Waals surface area contributed by atoms with Crippen molar-refractivity contribution in [2.75, 3.05) is 6.61 Å². The Morgan fingerprint density at radius 1 is 1.41 bits per heavy atom. The lowest BCUT2D eigenvalue weighted by atomic mass is 10.2. The zero-order valence-electron chi connectivity index (χ0n) is 9.96. The molecule has 0 spiro atoms. The third-order valence-electron chi connectivity index (χ3n) is 2.17. The van der Waals surface area contributed by atoms with Crippen LogP contribution < -0.4 is 0 Å². The molecule has 92 valence electrons. The Labute approximate surface area is 101 Å². The van der Waals surface area contributed by atoms with Gasteiger partial charge in [0.05, 0.1) is 6.61 Å². The van der Waals surface area contributed by atoms with Crippen LogP contribution in [0.15, 0.2) is 30.3 Å². The van der Waals surface area contributed by atoms with Crippen molar-refractivity contribution >= 4 is 12.2 Å². The summed E-state index contributed by atoms with van der Waals surface area (Å²) >= 11 is 0. The highest BCUT2D eigenvalue weighted by Crippen LogP contribution is 1.99. The summed E-state index contributed by atoms with van der Waals surface area (Å²) in [4.78, 5) is 11.2. The van der Waals surface area contributed by atoms with Gasteiger partial charge in [0.1, 0.15) is 0 Å². The van der Waals surface area contributed by atoms with Gasteiger partial charge in [0.15, 0.2) is 6.54 Å². The molecule has 0 radical (unpaired) electrons. The molecule has 0 saturated carbocycles. The maximum absolute atomic E-state index is 11.4. The molecule has 0 aliphatic heterocycles. The first-order chi connectivity index (χ1) is 8.22. The number of rotatable bonds is 6. The molecule has 0 aromatic heterocycles. The van der Waals surface area contributed by atoms with Gasteiger partial charge < -0.3 is 9.94 Å². The molecule has 0 saturated heterocycles. The number of carbonyl (C=O) groups is 1. The number of benzene rings is 1. The minimum Gasteiger partial charge on any atom is -0.623 e. The third kappa shape index (κ3) is 5.70. The van der Waals surface area contributed by atoms with Crippen molar-refractivity contribution < 1.29 is 14.3 Å². The first-order valence-electron chi connectivity index (χ1n) is 5.71. The van der Waals surface area contributed by atoms with Gasteiger partial charge in [-0.3, -0.25) is 0 Å². The van der Waals surface area contributed by atoms with E-state index in [1.54, 1.807) is 0 Å². The first kappa shape index (κ1) is 13.2. The van der Waals surface area contributed by atoms with Gasteiger partial charge in [-0.2, -0.15) is 0 Å². The van der Waals surface area contributed by atoms with E-state index in [0.29, 0.717) is 11.3 Å². The standard InChI is InChI=1S/C13H17NO3/c1-2-3-9-17-13(15)11-14(16)10-12-7-5-4-6-8-12/h4-8,11H,2-3,9-10H2,1H3/b14-11-. The van der Waals surface area contributed by atoms with E-state index in [2.05, 4.69) is 0 Å². The molecular weight excluding hydrogens is 218 g/mol. The molecule has 0 fully saturated rings. The highest BCUT2D eigenvalue weighted by molar-refractivity contribution is 6.20. The van der Waals surface area contributed by atoms with Crippen molar-refractivity contribution in [2.24, 2.45) is 0 Å². The van der Waals surface area contributed by atoms with Crippen LogP contribution in [0.4, 0.5) is 0 Å². The summed E-state index contributed by atoms with van der Waals surface area (Å²) in [6.07, 6.45) is 2.72. The Morgan fingerprint density at radius 2 is 2.12 bits per heavy atom. The van der Waals surface area contributed by atoms with E-state index < -0.39 is 5.97 Å². The molecule has 17 heavy (non-hydrogen) atoms. The summed E-state index contributed by atoms with van der Waals surface area (Å²) in [7, 11) is 0. The Balaban J connectivity index is 2.41. The fraction of sp³-hybridized carbons (Fsp3) is 0.385. The lowest BCUT2D eigenvalue weighted by molar-refractivity contribution is -0.469. The van der Waals surface area contributed by atoms with Gasteiger partial charge in [0.25, 0.3) is 6.21 Å². The predicted molar refractivity (Wildman–Crippen MR) is 65.7 cm³/mol. The van der Waals surface area contributed by atoms with Crippen molar-refractivity contribution in [3.63, 3.8) is 0 Å². The van der Waals surface area contributed by atoms with Crippen molar-refractivity contribution in [3.05, 3.63) is 41.1 Å². The van der Waals surface area contributed by atoms with Gasteiger partial charge in [-0.1, -0.05) is 43.7 Å². The Bertz CT molecular complexity index is 374. The fourth-order valence-corrected chi connectivity index (χ4v) is 1.28. The van der Waals surface area contributed by atoms with Gasteiger partial charge >= 0.3 is 5.97 Å². The van der Waals surface area contributed by atoms with Crippen molar-refractivity contribution in [1.82, 2.24) is 0 Å². The lowest BCUT2D eigenvalue weighted by Gasteiger charge is -2.04. The minimum absolute atomic E-state index is 0.156. The molecule has 1 aromatic carbocycles. The second-order valence-corrected chi connectivity index (χ2v) is 3.71. The number of unbranched alkanes of at least 4 members (excludes halogenated alkanes) is 1. The average Bonchev–Trinajstić information content (AvgIpc) is 2.30. The molecule has 0 bridgehead atoms. The van der Waals surface area contributed by atoms with Crippen LogP contribution in [0.5, 0.6) is 0 Å². The number of hydrogen-bond acceptors (Lipinski definition) is 3. The van der Waals surface area contributed by atoms with E-state index >= 15 is 0 Å². The van der Waals surface area contributed by atoms with Crippen LogP contribution >= 0.6 is 0 Å². The van der Waals surface area contributed by atoms with Crippen molar-refractivity contribution in [3.8, 4) is 0 Å². The minimum atomic E-state index is -0.579. The highest BCUT2D eigenvalue weighted by Gasteiger charge is 2.04. The Hall–Kier alpha value is -1.84. The summed E-state index contributed by atoms with van der Waals surface area (Å²) in [5, 5.41) is 11.4. The maximum atomic E-state index is 11.4. The van der Waals surface area contributed by atoms with Crippen LogP contribution in [0, 0.1) is 5.21 Å². The summed E-state index contributed by atoms with van der Waals surface area (Å²) in [6.45, 7) is 2.53. The Morgan fingerprint density at radius 3 is 2.76 bits per heavy atom. The monoisotopic (exact) mass is 235 g/mol. The SMILES string of the molecule is CCCCOC(=O)/C=[N+](\[O-])Cc1ccccc1. The molecule has 0 unspecified atom stereocenters. The summed E-state index contributed by atoms with van der Waals surface area (Å²) in [5.74, 6) is -0.579. The number of ether oxygens (including phenoxy) is 1. The van der Waals surface area contributed by atoms with E-state index in [0.717, 1.165) is 24.6 Å². The molecule has 4 nitrogen and oxygen atoms in total. The molecule has 0 aliphatic carbocycles. The molecule has 0 heterocycles. The third-order valence-corrected chi connectivity index (χ3v) is 2.17. The molecule has 0 aliphatic rings. The van der Waals surface area contributed by atoms with E-state index in [1.165, 1.54) is 0 Å². The van der Waals surface area contributed by atoms with Crippen LogP contribution in [0.1, 0.15) is 25.3 Å². The fourth-order valence-electron chi connectivity index (χ4n) is 1.28. The molecule has 1 rings (SSSR count). The molecular formula is C13H17NO3. The normalized spacial score (nSPS) is 11.2. The zero-order valence-corrected chi connectivity index (χ0v) is 9.96. The second-order valence-electron chi connectivity index (χ2n) is 3.71. The van der Waals surface area contributed by atoms with Crippen LogP contribution in [0.3, 0.4) is 0 Å². The van der Waals surface area contributed by atoms with Crippen LogP contribution in [-0.2, 0) is 16.1 Å². The molecule has 0 atom stereocenters. The van der Waals surface area contributed by atoms with E-state index in [4.69, 9.17) is 4.74 Å². The topological polar surface area (TPSA) is 52.4 Å². The zero-order chi connectivity index (χ0) is 12.5. The van der Waals surface area contributed by atoms with E-state index in [1.807, 2.05) is 37.3 Å².